The molecule has 0 unspecified atom stereocenters. The first-order chi connectivity index (χ1) is 9.78. The van der Waals surface area contributed by atoms with Crippen molar-refractivity contribution in [2.24, 2.45) is 0 Å². The van der Waals surface area contributed by atoms with Gasteiger partial charge in [0.2, 0.25) is 0 Å². The molecule has 1 aromatic carbocycles. The molecule has 1 aromatic heterocycles. The molecule has 110 valence electrons. The first-order valence-electron chi connectivity index (χ1n) is 5.42. The van der Waals surface area contributed by atoms with E-state index >= 15 is 0 Å². The van der Waals surface area contributed by atoms with Gasteiger partial charge in [-0.3, -0.25) is 15.1 Å². The van der Waals surface area contributed by atoms with Crippen molar-refractivity contribution < 1.29 is 22.8 Å². The van der Waals surface area contributed by atoms with Gasteiger partial charge in [-0.25, -0.2) is 0 Å². The molecule has 0 atom stereocenters. The number of halogens is 4. The predicted molar refractivity (Wildman–Crippen MR) is 68.0 cm³/mol. The summed E-state index contributed by atoms with van der Waals surface area (Å²) in [6.07, 6.45) is -2.51. The van der Waals surface area contributed by atoms with Crippen molar-refractivity contribution in [3.63, 3.8) is 0 Å². The topological polar surface area (TPSA) is 65.3 Å². The van der Waals surface area contributed by atoms with E-state index in [-0.39, 0.29) is 16.3 Å². The van der Waals surface area contributed by atoms with Crippen molar-refractivity contribution in [3.8, 4) is 16.9 Å². The zero-order valence-electron chi connectivity index (χ0n) is 10.1. The van der Waals surface area contributed by atoms with Gasteiger partial charge in [-0.05, 0) is 17.7 Å². The Bertz CT molecular complexity index is 674. The van der Waals surface area contributed by atoms with Crippen LogP contribution in [-0.2, 0) is 0 Å². The van der Waals surface area contributed by atoms with E-state index < -0.39 is 17.0 Å². The Morgan fingerprint density at radius 1 is 1.19 bits per heavy atom. The fourth-order valence-electron chi connectivity index (χ4n) is 1.60. The summed E-state index contributed by atoms with van der Waals surface area (Å²) in [7, 11) is 0. The molecular weight excluding hydrogens is 313 g/mol. The van der Waals surface area contributed by atoms with E-state index in [9.17, 15) is 23.3 Å². The van der Waals surface area contributed by atoms with Crippen LogP contribution in [0.3, 0.4) is 0 Å². The molecule has 0 radical (unpaired) electrons. The van der Waals surface area contributed by atoms with E-state index in [1.54, 1.807) is 0 Å². The smallest absolute Gasteiger partial charge is 0.406 e. The average molecular weight is 319 g/mol. The molecule has 2 aromatic rings. The summed E-state index contributed by atoms with van der Waals surface area (Å²) in [5.74, 6) is -0.402. The summed E-state index contributed by atoms with van der Waals surface area (Å²) in [5.41, 5.74) is 0.236. The lowest BCUT2D eigenvalue weighted by Gasteiger charge is -2.09. The SMILES string of the molecule is O=[N+]([O-])c1cncc(-c2ccc(OC(F)(F)F)cc2)c1Cl. The molecular formula is C12H6ClF3N2O3. The van der Waals surface area contributed by atoms with Gasteiger partial charge in [0.15, 0.2) is 0 Å². The number of pyridine rings is 1. The van der Waals surface area contributed by atoms with E-state index in [2.05, 4.69) is 9.72 Å². The lowest BCUT2D eigenvalue weighted by molar-refractivity contribution is -0.385. The van der Waals surface area contributed by atoms with Crippen molar-refractivity contribution >= 4 is 17.3 Å². The van der Waals surface area contributed by atoms with Gasteiger partial charge in [-0.15, -0.1) is 13.2 Å². The van der Waals surface area contributed by atoms with Crippen LogP contribution in [0.2, 0.25) is 5.02 Å². The van der Waals surface area contributed by atoms with Crippen LogP contribution >= 0.6 is 11.6 Å². The first kappa shape index (κ1) is 15.0. The number of ether oxygens (including phenoxy) is 1. The molecule has 0 fully saturated rings. The van der Waals surface area contributed by atoms with Gasteiger partial charge in [0, 0.05) is 11.8 Å². The van der Waals surface area contributed by atoms with Crippen LogP contribution in [0.5, 0.6) is 5.75 Å². The van der Waals surface area contributed by atoms with Crippen LogP contribution in [0, 0.1) is 10.1 Å². The standard InChI is InChI=1S/C12H6ClF3N2O3/c13-11-9(5-17-6-10(11)18(19)20)7-1-3-8(4-2-7)21-12(14,15)16/h1-6H. The van der Waals surface area contributed by atoms with E-state index in [0.29, 0.717) is 5.56 Å². The molecule has 9 heteroatoms. The molecule has 0 bridgehead atoms. The lowest BCUT2D eigenvalue weighted by atomic mass is 10.1. The highest BCUT2D eigenvalue weighted by atomic mass is 35.5. The number of nitro groups is 1. The number of nitrogens with zero attached hydrogens (tertiary/aromatic N) is 2. The van der Waals surface area contributed by atoms with Gasteiger partial charge in [-0.1, -0.05) is 23.7 Å². The summed E-state index contributed by atoms with van der Waals surface area (Å²) in [4.78, 5) is 13.7. The van der Waals surface area contributed by atoms with Crippen molar-refractivity contribution in [2.75, 3.05) is 0 Å². The molecule has 0 N–H and O–H groups in total. The third-order valence-electron chi connectivity index (χ3n) is 2.46. The van der Waals surface area contributed by atoms with Crippen molar-refractivity contribution in [3.05, 3.63) is 51.8 Å². The minimum Gasteiger partial charge on any atom is -0.406 e. The second kappa shape index (κ2) is 5.57. The molecule has 0 saturated heterocycles. The molecule has 2 rings (SSSR count). The summed E-state index contributed by atoms with van der Waals surface area (Å²) in [6.45, 7) is 0. The summed E-state index contributed by atoms with van der Waals surface area (Å²) in [5, 5.41) is 10.6. The van der Waals surface area contributed by atoms with Crippen molar-refractivity contribution in [2.45, 2.75) is 6.36 Å². The molecule has 0 aliphatic carbocycles. The zero-order valence-corrected chi connectivity index (χ0v) is 10.9. The third-order valence-corrected chi connectivity index (χ3v) is 2.85. The molecule has 5 nitrogen and oxygen atoms in total. The van der Waals surface area contributed by atoms with Crippen molar-refractivity contribution in [1.29, 1.82) is 0 Å². The normalized spacial score (nSPS) is 11.2. The highest BCUT2D eigenvalue weighted by Crippen LogP contribution is 2.35. The Labute approximate surface area is 121 Å². The summed E-state index contributed by atoms with van der Waals surface area (Å²) >= 11 is 5.89. The fraction of sp³-hybridized carbons (Fsp3) is 0.0833. The Balaban J connectivity index is 2.35. The number of benzene rings is 1. The number of hydrogen-bond donors (Lipinski definition) is 0. The van der Waals surface area contributed by atoms with Crippen LogP contribution in [0.25, 0.3) is 11.1 Å². The highest BCUT2D eigenvalue weighted by molar-refractivity contribution is 6.35. The van der Waals surface area contributed by atoms with E-state index in [4.69, 9.17) is 11.6 Å². The molecule has 0 aliphatic rings. The number of alkyl halides is 3. The van der Waals surface area contributed by atoms with Crippen LogP contribution in [-0.4, -0.2) is 16.3 Å². The molecule has 0 aliphatic heterocycles. The highest BCUT2D eigenvalue weighted by Gasteiger charge is 2.31. The fourth-order valence-corrected chi connectivity index (χ4v) is 1.87. The van der Waals surface area contributed by atoms with E-state index in [1.807, 2.05) is 0 Å². The van der Waals surface area contributed by atoms with Crippen LogP contribution in [0.1, 0.15) is 0 Å². The van der Waals surface area contributed by atoms with Gasteiger partial charge >= 0.3 is 12.0 Å². The van der Waals surface area contributed by atoms with Gasteiger partial charge < -0.3 is 4.74 Å². The minimum atomic E-state index is -4.79. The average Bonchev–Trinajstić information content (AvgIpc) is 2.38. The maximum Gasteiger partial charge on any atom is 0.573 e. The monoisotopic (exact) mass is 318 g/mol. The summed E-state index contributed by atoms with van der Waals surface area (Å²) in [6, 6.07) is 4.76. The Morgan fingerprint density at radius 3 is 2.33 bits per heavy atom. The van der Waals surface area contributed by atoms with Crippen LogP contribution in [0.4, 0.5) is 18.9 Å². The Hall–Kier alpha value is -2.35. The van der Waals surface area contributed by atoms with Crippen LogP contribution in [0.15, 0.2) is 36.7 Å². The number of hydrogen-bond acceptors (Lipinski definition) is 4. The largest absolute Gasteiger partial charge is 0.573 e. The number of rotatable bonds is 3. The third kappa shape index (κ3) is 3.60. The van der Waals surface area contributed by atoms with Gasteiger partial charge in [0.05, 0.1) is 4.92 Å². The molecule has 21 heavy (non-hydrogen) atoms. The summed E-state index contributed by atoms with van der Waals surface area (Å²) < 4.78 is 39.9. The first-order valence-corrected chi connectivity index (χ1v) is 5.80. The van der Waals surface area contributed by atoms with E-state index in [0.717, 1.165) is 18.3 Å². The van der Waals surface area contributed by atoms with Gasteiger partial charge in [0.25, 0.3) is 0 Å². The Morgan fingerprint density at radius 2 is 1.81 bits per heavy atom. The predicted octanol–water partition coefficient (Wildman–Crippen LogP) is 4.21. The van der Waals surface area contributed by atoms with Crippen LogP contribution < -0.4 is 4.74 Å². The maximum absolute atomic E-state index is 12.0. The molecule has 0 amide bonds. The lowest BCUT2D eigenvalue weighted by Crippen LogP contribution is -2.16. The van der Waals surface area contributed by atoms with Gasteiger partial charge in [0.1, 0.15) is 17.0 Å². The Kier molecular flexibility index (Phi) is 3.99. The second-order valence-corrected chi connectivity index (χ2v) is 4.23. The second-order valence-electron chi connectivity index (χ2n) is 3.85. The zero-order chi connectivity index (χ0) is 15.6. The van der Waals surface area contributed by atoms with Gasteiger partial charge in [-0.2, -0.15) is 0 Å². The minimum absolute atomic E-state index is 0.139. The van der Waals surface area contributed by atoms with E-state index in [1.165, 1.54) is 18.3 Å². The quantitative estimate of drug-likeness (QED) is 0.628. The molecule has 0 spiro atoms. The number of aromatic nitrogens is 1. The molecule has 1 heterocycles. The van der Waals surface area contributed by atoms with Crippen molar-refractivity contribution in [1.82, 2.24) is 4.98 Å². The molecule has 0 saturated carbocycles. The maximum atomic E-state index is 12.0.